The molecule has 21 heavy (non-hydrogen) atoms. The van der Waals surface area contributed by atoms with E-state index in [1.165, 1.54) is 11.3 Å². The Morgan fingerprint density at radius 3 is 3.14 bits per heavy atom. The molecule has 1 aromatic carbocycles. The SMILES string of the molecule is COCc1cccc2sc(NC(=O)C3CCCN3)nc12.Cl. The predicted octanol–water partition coefficient (Wildman–Crippen LogP) is 2.56. The minimum absolute atomic E-state index is 0. The van der Waals surface area contributed by atoms with Crippen molar-refractivity contribution in [1.29, 1.82) is 0 Å². The van der Waals surface area contributed by atoms with Gasteiger partial charge in [0.1, 0.15) is 0 Å². The van der Waals surface area contributed by atoms with Gasteiger partial charge in [0.2, 0.25) is 5.91 Å². The Morgan fingerprint density at radius 2 is 2.43 bits per heavy atom. The van der Waals surface area contributed by atoms with Gasteiger partial charge in [-0.25, -0.2) is 4.98 Å². The third kappa shape index (κ3) is 3.52. The Morgan fingerprint density at radius 1 is 1.57 bits per heavy atom. The van der Waals surface area contributed by atoms with Gasteiger partial charge in [0, 0.05) is 12.7 Å². The van der Waals surface area contributed by atoms with Crippen LogP contribution in [0.15, 0.2) is 18.2 Å². The molecule has 114 valence electrons. The summed E-state index contributed by atoms with van der Waals surface area (Å²) in [5, 5.41) is 6.75. The monoisotopic (exact) mass is 327 g/mol. The first-order valence-corrected chi connectivity index (χ1v) is 7.51. The minimum Gasteiger partial charge on any atom is -0.380 e. The fraction of sp³-hybridized carbons (Fsp3) is 0.429. The number of carbonyl (C=O) groups excluding carboxylic acids is 1. The molecule has 2 heterocycles. The van der Waals surface area contributed by atoms with E-state index in [1.54, 1.807) is 7.11 Å². The first-order chi connectivity index (χ1) is 9.78. The van der Waals surface area contributed by atoms with E-state index in [0.717, 1.165) is 35.2 Å². The molecule has 1 fully saturated rings. The van der Waals surface area contributed by atoms with Gasteiger partial charge >= 0.3 is 0 Å². The molecule has 1 aliphatic heterocycles. The summed E-state index contributed by atoms with van der Waals surface area (Å²) in [6, 6.07) is 5.91. The van der Waals surface area contributed by atoms with Gasteiger partial charge in [-0.05, 0) is 25.5 Å². The highest BCUT2D eigenvalue weighted by Crippen LogP contribution is 2.28. The van der Waals surface area contributed by atoms with Crippen LogP contribution in [0.3, 0.4) is 0 Å². The summed E-state index contributed by atoms with van der Waals surface area (Å²) in [6.07, 6.45) is 1.95. The van der Waals surface area contributed by atoms with E-state index < -0.39 is 0 Å². The smallest absolute Gasteiger partial charge is 0.243 e. The molecule has 1 saturated heterocycles. The second kappa shape index (κ2) is 7.17. The van der Waals surface area contributed by atoms with Crippen molar-refractivity contribution in [2.45, 2.75) is 25.5 Å². The number of hydrogen-bond acceptors (Lipinski definition) is 5. The maximum atomic E-state index is 12.1. The molecule has 1 aliphatic rings. The summed E-state index contributed by atoms with van der Waals surface area (Å²) in [4.78, 5) is 16.6. The lowest BCUT2D eigenvalue weighted by Crippen LogP contribution is -2.35. The Hall–Kier alpha value is -1.21. The van der Waals surface area contributed by atoms with E-state index in [9.17, 15) is 4.79 Å². The van der Waals surface area contributed by atoms with Gasteiger partial charge < -0.3 is 15.4 Å². The molecular weight excluding hydrogens is 310 g/mol. The number of benzene rings is 1. The first kappa shape index (κ1) is 16.2. The molecule has 1 unspecified atom stereocenters. The molecule has 0 aliphatic carbocycles. The van der Waals surface area contributed by atoms with E-state index in [4.69, 9.17) is 4.74 Å². The van der Waals surface area contributed by atoms with Crippen molar-refractivity contribution in [3.05, 3.63) is 23.8 Å². The van der Waals surface area contributed by atoms with Crippen molar-refractivity contribution in [3.8, 4) is 0 Å². The predicted molar refractivity (Wildman–Crippen MR) is 87.2 cm³/mol. The average molecular weight is 328 g/mol. The number of carbonyl (C=O) groups is 1. The number of amides is 1. The second-order valence-corrected chi connectivity index (χ2v) is 5.88. The zero-order valence-electron chi connectivity index (χ0n) is 11.7. The molecular formula is C14H18ClN3O2S. The lowest BCUT2D eigenvalue weighted by atomic mass is 10.2. The molecule has 7 heteroatoms. The third-order valence-corrected chi connectivity index (χ3v) is 4.35. The number of ether oxygens (including phenoxy) is 1. The fourth-order valence-corrected chi connectivity index (χ4v) is 3.35. The lowest BCUT2D eigenvalue weighted by molar-refractivity contribution is -0.117. The highest BCUT2D eigenvalue weighted by molar-refractivity contribution is 7.22. The molecule has 2 N–H and O–H groups in total. The van der Waals surface area contributed by atoms with Crippen LogP contribution in [-0.2, 0) is 16.1 Å². The Kier molecular flexibility index (Phi) is 5.52. The third-order valence-electron chi connectivity index (χ3n) is 3.41. The summed E-state index contributed by atoms with van der Waals surface area (Å²) in [5.41, 5.74) is 1.95. The number of thiazole rings is 1. The molecule has 1 aromatic heterocycles. The maximum Gasteiger partial charge on any atom is 0.243 e. The van der Waals surface area contributed by atoms with Gasteiger partial charge in [0.25, 0.3) is 0 Å². The molecule has 1 atom stereocenters. The van der Waals surface area contributed by atoms with Crippen LogP contribution in [0.5, 0.6) is 0 Å². The summed E-state index contributed by atoms with van der Waals surface area (Å²) in [6.45, 7) is 1.44. The van der Waals surface area contributed by atoms with Gasteiger partial charge in [0.15, 0.2) is 5.13 Å². The van der Waals surface area contributed by atoms with Crippen LogP contribution in [0.4, 0.5) is 5.13 Å². The maximum absolute atomic E-state index is 12.1. The second-order valence-electron chi connectivity index (χ2n) is 4.85. The van der Waals surface area contributed by atoms with Gasteiger partial charge in [-0.2, -0.15) is 0 Å². The van der Waals surface area contributed by atoms with Crippen LogP contribution in [-0.4, -0.2) is 30.6 Å². The van der Waals surface area contributed by atoms with Gasteiger partial charge in [0.05, 0.1) is 22.9 Å². The van der Waals surface area contributed by atoms with Gasteiger partial charge in [-0.15, -0.1) is 12.4 Å². The number of aromatic nitrogens is 1. The number of halogens is 1. The molecule has 0 radical (unpaired) electrons. The van der Waals surface area contributed by atoms with E-state index in [-0.39, 0.29) is 24.4 Å². The average Bonchev–Trinajstić information content (AvgIpc) is 3.07. The van der Waals surface area contributed by atoms with Crippen LogP contribution in [0.25, 0.3) is 10.2 Å². The standard InChI is InChI=1S/C14H17N3O2S.ClH/c1-19-8-9-4-2-6-11-12(9)16-14(20-11)17-13(18)10-5-3-7-15-10;/h2,4,6,10,15H,3,5,7-8H2,1H3,(H,16,17,18);1H. The largest absolute Gasteiger partial charge is 0.380 e. The van der Waals surface area contributed by atoms with Crippen molar-refractivity contribution in [2.24, 2.45) is 0 Å². The molecule has 1 amide bonds. The minimum atomic E-state index is -0.0829. The van der Waals surface area contributed by atoms with Crippen molar-refractivity contribution in [3.63, 3.8) is 0 Å². The van der Waals surface area contributed by atoms with Gasteiger partial charge in [-0.1, -0.05) is 23.5 Å². The van der Waals surface area contributed by atoms with Gasteiger partial charge in [-0.3, -0.25) is 4.79 Å². The number of nitrogens with one attached hydrogen (secondary N) is 2. The van der Waals surface area contributed by atoms with E-state index in [2.05, 4.69) is 15.6 Å². The van der Waals surface area contributed by atoms with Crippen LogP contribution >= 0.6 is 23.7 Å². The molecule has 2 aromatic rings. The van der Waals surface area contributed by atoms with E-state index in [0.29, 0.717) is 11.7 Å². The first-order valence-electron chi connectivity index (χ1n) is 6.69. The van der Waals surface area contributed by atoms with E-state index in [1.807, 2.05) is 18.2 Å². The molecule has 0 spiro atoms. The number of rotatable bonds is 4. The number of para-hydroxylation sites is 1. The molecule has 5 nitrogen and oxygen atoms in total. The van der Waals surface area contributed by atoms with Crippen molar-refractivity contribution in [2.75, 3.05) is 19.0 Å². The summed E-state index contributed by atoms with van der Waals surface area (Å²) < 4.78 is 6.24. The number of nitrogens with zero attached hydrogens (tertiary/aromatic N) is 1. The summed E-state index contributed by atoms with van der Waals surface area (Å²) in [5.74, 6) is 0.00912. The highest BCUT2D eigenvalue weighted by Gasteiger charge is 2.22. The molecule has 0 bridgehead atoms. The summed E-state index contributed by atoms with van der Waals surface area (Å²) in [7, 11) is 1.67. The fourth-order valence-electron chi connectivity index (χ4n) is 2.43. The lowest BCUT2D eigenvalue weighted by Gasteiger charge is -2.08. The Labute approximate surface area is 133 Å². The molecule has 0 saturated carbocycles. The van der Waals surface area contributed by atoms with Crippen LogP contribution in [0.2, 0.25) is 0 Å². The quantitative estimate of drug-likeness (QED) is 0.906. The van der Waals surface area contributed by atoms with Crippen LogP contribution < -0.4 is 10.6 Å². The van der Waals surface area contributed by atoms with Crippen LogP contribution in [0, 0.1) is 0 Å². The highest BCUT2D eigenvalue weighted by atomic mass is 35.5. The van der Waals surface area contributed by atoms with Crippen molar-refractivity contribution in [1.82, 2.24) is 10.3 Å². The molecule has 3 rings (SSSR count). The van der Waals surface area contributed by atoms with Crippen molar-refractivity contribution >= 4 is 45.0 Å². The van der Waals surface area contributed by atoms with E-state index >= 15 is 0 Å². The zero-order chi connectivity index (χ0) is 13.9. The zero-order valence-corrected chi connectivity index (χ0v) is 13.4. The number of hydrogen-bond donors (Lipinski definition) is 2. The normalized spacial score (nSPS) is 17.7. The Balaban J connectivity index is 0.00000161. The number of anilines is 1. The summed E-state index contributed by atoms with van der Waals surface area (Å²) >= 11 is 1.50. The van der Waals surface area contributed by atoms with Crippen LogP contribution in [0.1, 0.15) is 18.4 Å². The number of fused-ring (bicyclic) bond motifs is 1. The van der Waals surface area contributed by atoms with Crippen molar-refractivity contribution < 1.29 is 9.53 Å². The number of methoxy groups -OCH3 is 1. The Bertz CT molecular complexity index is 626. The topological polar surface area (TPSA) is 63.2 Å².